The number of benzene rings is 1. The lowest BCUT2D eigenvalue weighted by atomic mass is 9.96. The van der Waals surface area contributed by atoms with Crippen molar-refractivity contribution >= 4 is 31.4 Å². The van der Waals surface area contributed by atoms with Gasteiger partial charge >= 0.3 is 0 Å². The third-order valence-corrected chi connectivity index (χ3v) is 11.2. The van der Waals surface area contributed by atoms with E-state index in [1.165, 1.54) is 44.2 Å². The van der Waals surface area contributed by atoms with Crippen LogP contribution in [0.1, 0.15) is 49.8 Å². The minimum Gasteiger partial charge on any atom is -0.377 e. The van der Waals surface area contributed by atoms with Crippen molar-refractivity contribution in [3.8, 4) is 0 Å². The Kier molecular flexibility index (Phi) is 7.92. The molecule has 2 aromatic rings. The van der Waals surface area contributed by atoms with Crippen molar-refractivity contribution in [2.45, 2.75) is 73.4 Å². The summed E-state index contributed by atoms with van der Waals surface area (Å²) >= 11 is 1.51. The molecule has 1 atom stereocenters. The summed E-state index contributed by atoms with van der Waals surface area (Å²) in [5.74, 6) is 0. The molecular formula is C23H32N2O5S3. The molecule has 1 aliphatic heterocycles. The lowest BCUT2D eigenvalue weighted by molar-refractivity contribution is 0.0927. The fraction of sp³-hybridized carbons (Fsp3) is 0.565. The molecule has 0 radical (unpaired) electrons. The van der Waals surface area contributed by atoms with Crippen molar-refractivity contribution in [2.24, 2.45) is 0 Å². The summed E-state index contributed by atoms with van der Waals surface area (Å²) in [6.45, 7) is 1.20. The van der Waals surface area contributed by atoms with Gasteiger partial charge in [0.15, 0.2) is 0 Å². The van der Waals surface area contributed by atoms with Crippen molar-refractivity contribution in [2.75, 3.05) is 20.2 Å². The van der Waals surface area contributed by atoms with Gasteiger partial charge in [0.25, 0.3) is 0 Å². The third kappa shape index (κ3) is 5.68. The fourth-order valence-corrected chi connectivity index (χ4v) is 8.25. The molecule has 1 aliphatic carbocycles. The Morgan fingerprint density at radius 1 is 0.909 bits per heavy atom. The van der Waals surface area contributed by atoms with E-state index in [1.807, 2.05) is 17.5 Å². The molecule has 1 aromatic heterocycles. The molecule has 0 spiro atoms. The molecule has 2 aliphatic rings. The fourth-order valence-electron chi connectivity index (χ4n) is 4.58. The van der Waals surface area contributed by atoms with Gasteiger partial charge in [-0.25, -0.2) is 16.8 Å². The van der Waals surface area contributed by atoms with Gasteiger partial charge < -0.3 is 4.74 Å². The first-order valence-corrected chi connectivity index (χ1v) is 15.3. The van der Waals surface area contributed by atoms with E-state index in [2.05, 4.69) is 0 Å². The maximum absolute atomic E-state index is 13.5. The molecule has 0 bridgehead atoms. The van der Waals surface area contributed by atoms with Crippen LogP contribution >= 0.6 is 11.3 Å². The van der Waals surface area contributed by atoms with Gasteiger partial charge in [-0.2, -0.15) is 8.61 Å². The second-order valence-corrected chi connectivity index (χ2v) is 13.8. The second kappa shape index (κ2) is 10.5. The summed E-state index contributed by atoms with van der Waals surface area (Å²) in [6, 6.07) is 9.47. The van der Waals surface area contributed by atoms with E-state index in [9.17, 15) is 16.8 Å². The van der Waals surface area contributed by atoms with E-state index < -0.39 is 20.0 Å². The van der Waals surface area contributed by atoms with Crippen LogP contribution in [0.5, 0.6) is 0 Å². The number of nitrogens with zero attached hydrogens (tertiary/aromatic N) is 2. The SMILES string of the molecule is CN(C1CCCCC1)S(=O)(=O)c1ccc(S(=O)(=O)N(Cc2cccs2)C[C@@H]2CCCO2)cc1. The molecule has 0 unspecified atom stereocenters. The molecule has 1 aromatic carbocycles. The summed E-state index contributed by atoms with van der Waals surface area (Å²) < 4.78 is 61.8. The number of hydrogen-bond donors (Lipinski definition) is 0. The third-order valence-electron chi connectivity index (χ3n) is 6.57. The first kappa shape index (κ1) is 24.8. The van der Waals surface area contributed by atoms with Gasteiger partial charge in [0, 0.05) is 37.7 Å². The maximum Gasteiger partial charge on any atom is 0.243 e. The van der Waals surface area contributed by atoms with Gasteiger partial charge in [-0.1, -0.05) is 25.3 Å². The highest BCUT2D eigenvalue weighted by Gasteiger charge is 2.32. The van der Waals surface area contributed by atoms with E-state index in [1.54, 1.807) is 7.05 Å². The molecule has 2 fully saturated rings. The average Bonchev–Trinajstić information content (AvgIpc) is 3.53. The van der Waals surface area contributed by atoms with E-state index in [4.69, 9.17) is 4.74 Å². The smallest absolute Gasteiger partial charge is 0.243 e. The monoisotopic (exact) mass is 512 g/mol. The minimum atomic E-state index is -3.82. The Bertz CT molecular complexity index is 1100. The Morgan fingerprint density at radius 3 is 2.15 bits per heavy atom. The number of sulfonamides is 2. The zero-order valence-corrected chi connectivity index (χ0v) is 21.4. The topological polar surface area (TPSA) is 84.0 Å². The van der Waals surface area contributed by atoms with Gasteiger partial charge in [-0.15, -0.1) is 11.3 Å². The average molecular weight is 513 g/mol. The Labute approximate surface area is 201 Å². The van der Waals surface area contributed by atoms with Gasteiger partial charge in [0.05, 0.1) is 15.9 Å². The van der Waals surface area contributed by atoms with Crippen LogP contribution in [0.3, 0.4) is 0 Å². The standard InChI is InChI=1S/C23H32N2O5S3/c1-24(19-7-3-2-4-8-19)32(26,27)22-11-13-23(14-12-22)33(28,29)25(17-20-9-5-15-30-20)18-21-10-6-16-31-21/h6,10-14,16,19-20H,2-5,7-9,15,17-18H2,1H3/t20-/m0/s1. The first-order valence-electron chi connectivity index (χ1n) is 11.5. The van der Waals surface area contributed by atoms with Crippen molar-refractivity contribution in [1.29, 1.82) is 0 Å². The highest BCUT2D eigenvalue weighted by molar-refractivity contribution is 7.89. The van der Waals surface area contributed by atoms with Crippen molar-refractivity contribution in [3.05, 3.63) is 46.7 Å². The summed E-state index contributed by atoms with van der Waals surface area (Å²) in [5, 5.41) is 1.93. The summed E-state index contributed by atoms with van der Waals surface area (Å²) in [7, 11) is -5.86. The maximum atomic E-state index is 13.5. The largest absolute Gasteiger partial charge is 0.377 e. The van der Waals surface area contributed by atoms with Crippen LogP contribution in [0.15, 0.2) is 51.6 Å². The molecule has 2 heterocycles. The molecule has 7 nitrogen and oxygen atoms in total. The summed E-state index contributed by atoms with van der Waals surface area (Å²) in [6.07, 6.45) is 6.58. The lowest BCUT2D eigenvalue weighted by Gasteiger charge is -2.30. The van der Waals surface area contributed by atoms with Crippen molar-refractivity contribution < 1.29 is 21.6 Å². The quantitative estimate of drug-likeness (QED) is 0.506. The normalized spacial score (nSPS) is 20.6. The Balaban J connectivity index is 1.55. The molecule has 4 rings (SSSR count). The van der Waals surface area contributed by atoms with Crippen LogP contribution in [0, 0.1) is 0 Å². The summed E-state index contributed by atoms with van der Waals surface area (Å²) in [4.78, 5) is 1.17. The van der Waals surface area contributed by atoms with Crippen LogP contribution in [-0.4, -0.2) is 57.8 Å². The lowest BCUT2D eigenvalue weighted by Crippen LogP contribution is -2.38. The van der Waals surface area contributed by atoms with Gasteiger partial charge in [-0.05, 0) is 61.4 Å². The van der Waals surface area contributed by atoms with Crippen LogP contribution in [0.4, 0.5) is 0 Å². The highest BCUT2D eigenvalue weighted by atomic mass is 32.2. The summed E-state index contributed by atoms with van der Waals surface area (Å²) in [5.41, 5.74) is 0. The van der Waals surface area contributed by atoms with Gasteiger partial charge in [0.2, 0.25) is 20.0 Å². The number of rotatable bonds is 9. The van der Waals surface area contributed by atoms with E-state index in [0.717, 1.165) is 49.8 Å². The van der Waals surface area contributed by atoms with Crippen LogP contribution < -0.4 is 0 Å². The number of hydrogen-bond acceptors (Lipinski definition) is 6. The molecule has 0 N–H and O–H groups in total. The minimum absolute atomic E-state index is 0.000131. The van der Waals surface area contributed by atoms with Crippen LogP contribution in [0.25, 0.3) is 0 Å². The van der Waals surface area contributed by atoms with Crippen LogP contribution in [-0.2, 0) is 31.3 Å². The molecule has 182 valence electrons. The molecule has 1 saturated carbocycles. The van der Waals surface area contributed by atoms with E-state index in [-0.39, 0.29) is 35.0 Å². The first-order chi connectivity index (χ1) is 15.8. The van der Waals surface area contributed by atoms with Crippen molar-refractivity contribution in [3.63, 3.8) is 0 Å². The molecule has 1 saturated heterocycles. The predicted molar refractivity (Wildman–Crippen MR) is 129 cm³/mol. The number of ether oxygens (including phenoxy) is 1. The molecular weight excluding hydrogens is 480 g/mol. The van der Waals surface area contributed by atoms with E-state index >= 15 is 0 Å². The number of thiophene rings is 1. The zero-order chi connectivity index (χ0) is 23.5. The van der Waals surface area contributed by atoms with Crippen molar-refractivity contribution in [1.82, 2.24) is 8.61 Å². The van der Waals surface area contributed by atoms with Gasteiger partial charge in [-0.3, -0.25) is 0 Å². The van der Waals surface area contributed by atoms with Gasteiger partial charge in [0.1, 0.15) is 0 Å². The van der Waals surface area contributed by atoms with Crippen LogP contribution in [0.2, 0.25) is 0 Å². The molecule has 10 heteroatoms. The predicted octanol–water partition coefficient (Wildman–Crippen LogP) is 4.07. The second-order valence-electron chi connectivity index (χ2n) is 8.80. The molecule has 0 amide bonds. The Hall–Kier alpha value is -1.30. The highest BCUT2D eigenvalue weighted by Crippen LogP contribution is 2.28. The van der Waals surface area contributed by atoms with E-state index in [0.29, 0.717) is 6.61 Å². The molecule has 33 heavy (non-hydrogen) atoms. The Morgan fingerprint density at radius 2 is 1.58 bits per heavy atom. The zero-order valence-electron chi connectivity index (χ0n) is 18.9.